The van der Waals surface area contributed by atoms with Gasteiger partial charge in [0.25, 0.3) is 0 Å². The van der Waals surface area contributed by atoms with Crippen LogP contribution in [0.1, 0.15) is 94.8 Å². The van der Waals surface area contributed by atoms with E-state index in [-0.39, 0.29) is 22.3 Å². The predicted molar refractivity (Wildman–Crippen MR) is 126 cm³/mol. The van der Waals surface area contributed by atoms with Crippen molar-refractivity contribution in [3.8, 4) is 0 Å². The Bertz CT molecular complexity index is 829. The molecular formula is C26H30O8. The minimum Gasteiger partial charge on any atom is -0.431 e. The molecule has 0 saturated heterocycles. The van der Waals surface area contributed by atoms with Crippen LogP contribution in [-0.2, 0) is 18.9 Å². The number of allylic oxidation sites excluding steroid dienone is 4. The highest BCUT2D eigenvalue weighted by molar-refractivity contribution is 6.10. The Labute approximate surface area is 199 Å². The first-order valence-electron chi connectivity index (χ1n) is 11.0. The number of hydrogen-bond acceptors (Lipinski definition) is 8. The van der Waals surface area contributed by atoms with E-state index >= 15 is 0 Å². The topological polar surface area (TPSA) is 105 Å². The van der Waals surface area contributed by atoms with E-state index in [2.05, 4.69) is 0 Å². The molecule has 0 bridgehead atoms. The summed E-state index contributed by atoms with van der Waals surface area (Å²) in [7, 11) is 0. The minimum atomic E-state index is -0.917. The van der Waals surface area contributed by atoms with Crippen molar-refractivity contribution in [1.82, 2.24) is 0 Å². The minimum absolute atomic E-state index is 0.275. The van der Waals surface area contributed by atoms with Crippen LogP contribution in [0.25, 0.3) is 0 Å². The van der Waals surface area contributed by atoms with Gasteiger partial charge >= 0.3 is 23.9 Å². The van der Waals surface area contributed by atoms with Crippen LogP contribution in [0.15, 0.2) is 61.5 Å². The summed E-state index contributed by atoms with van der Waals surface area (Å²) in [5.74, 6) is -3.67. The van der Waals surface area contributed by atoms with E-state index in [1.165, 1.54) is 25.0 Å². The molecule has 0 unspecified atom stereocenters. The second-order valence-corrected chi connectivity index (χ2v) is 6.68. The molecule has 1 aromatic rings. The maximum atomic E-state index is 12.7. The second-order valence-electron chi connectivity index (χ2n) is 6.68. The molecule has 0 aliphatic heterocycles. The lowest BCUT2D eigenvalue weighted by atomic mass is 9.98. The van der Waals surface area contributed by atoms with Gasteiger partial charge in [-0.3, -0.25) is 0 Å². The Morgan fingerprint density at radius 1 is 0.500 bits per heavy atom. The van der Waals surface area contributed by atoms with Crippen LogP contribution < -0.4 is 0 Å². The van der Waals surface area contributed by atoms with Crippen LogP contribution in [0, 0.1) is 0 Å². The Kier molecular flexibility index (Phi) is 13.1. The quantitative estimate of drug-likeness (QED) is 0.208. The number of hydrogen-bond donors (Lipinski definition) is 0. The molecule has 0 amide bonds. The lowest BCUT2D eigenvalue weighted by molar-refractivity contribution is 0.0602. The van der Waals surface area contributed by atoms with Gasteiger partial charge < -0.3 is 18.9 Å². The van der Waals surface area contributed by atoms with Crippen molar-refractivity contribution in [2.75, 3.05) is 0 Å². The van der Waals surface area contributed by atoms with Crippen molar-refractivity contribution < 1.29 is 38.1 Å². The van der Waals surface area contributed by atoms with Gasteiger partial charge in [0.1, 0.15) is 0 Å². The van der Waals surface area contributed by atoms with Gasteiger partial charge in [-0.15, -0.1) is 0 Å². The van der Waals surface area contributed by atoms with Crippen LogP contribution in [0.2, 0.25) is 0 Å². The molecule has 0 spiro atoms. The fraction of sp³-hybridized carbons (Fsp3) is 0.308. The van der Waals surface area contributed by atoms with Crippen molar-refractivity contribution in [2.24, 2.45) is 0 Å². The van der Waals surface area contributed by atoms with Crippen molar-refractivity contribution in [2.45, 2.75) is 53.4 Å². The first-order valence-corrected chi connectivity index (χ1v) is 11.0. The van der Waals surface area contributed by atoms with Crippen molar-refractivity contribution in [3.63, 3.8) is 0 Å². The molecule has 0 aliphatic rings. The van der Waals surface area contributed by atoms with Crippen molar-refractivity contribution in [1.29, 1.82) is 0 Å². The van der Waals surface area contributed by atoms with Crippen LogP contribution in [0.4, 0.5) is 0 Å². The molecule has 0 N–H and O–H groups in total. The largest absolute Gasteiger partial charge is 0.431 e. The van der Waals surface area contributed by atoms with Gasteiger partial charge in [-0.2, -0.15) is 0 Å². The average molecular weight is 471 g/mol. The number of esters is 4. The molecule has 0 atom stereocenters. The van der Waals surface area contributed by atoms with E-state index in [0.717, 1.165) is 12.1 Å². The fourth-order valence-electron chi connectivity index (χ4n) is 2.35. The van der Waals surface area contributed by atoms with E-state index < -0.39 is 23.9 Å². The SMILES string of the molecule is CCC=COC(=O)c1cc(C(=O)OC=CCC)c(C(=O)OC=CCC)cc1C(=O)OC=CCC. The zero-order valence-corrected chi connectivity index (χ0v) is 19.9. The predicted octanol–water partition coefficient (Wildman–Crippen LogP) is 6.01. The average Bonchev–Trinajstić information content (AvgIpc) is 2.83. The fourth-order valence-corrected chi connectivity index (χ4v) is 2.35. The molecule has 34 heavy (non-hydrogen) atoms. The molecule has 1 aromatic carbocycles. The third-order valence-corrected chi connectivity index (χ3v) is 4.07. The van der Waals surface area contributed by atoms with Crippen molar-refractivity contribution >= 4 is 23.9 Å². The van der Waals surface area contributed by atoms with E-state index in [4.69, 9.17) is 18.9 Å². The molecule has 8 nitrogen and oxygen atoms in total. The summed E-state index contributed by atoms with van der Waals surface area (Å²) in [4.78, 5) is 50.8. The third-order valence-electron chi connectivity index (χ3n) is 4.07. The third kappa shape index (κ3) is 8.90. The molecule has 8 heteroatoms. The number of rotatable bonds is 12. The van der Waals surface area contributed by atoms with E-state index in [0.29, 0.717) is 25.7 Å². The normalized spacial score (nSPS) is 11.4. The first kappa shape index (κ1) is 28.1. The Hall–Kier alpha value is -3.94. The van der Waals surface area contributed by atoms with Crippen LogP contribution in [-0.4, -0.2) is 23.9 Å². The summed E-state index contributed by atoms with van der Waals surface area (Å²) in [5.41, 5.74) is -1.10. The molecule has 0 heterocycles. The van der Waals surface area contributed by atoms with E-state index in [1.54, 1.807) is 24.3 Å². The Morgan fingerprint density at radius 3 is 0.882 bits per heavy atom. The van der Waals surface area contributed by atoms with Gasteiger partial charge in [0, 0.05) is 0 Å². The first-order chi connectivity index (χ1) is 16.4. The maximum absolute atomic E-state index is 12.7. The van der Waals surface area contributed by atoms with Crippen molar-refractivity contribution in [3.05, 3.63) is 83.7 Å². The summed E-state index contributed by atoms with van der Waals surface area (Å²) in [6.07, 6.45) is 13.5. The smallest absolute Gasteiger partial charge is 0.343 e. The molecule has 0 fully saturated rings. The highest BCUT2D eigenvalue weighted by atomic mass is 16.5. The number of carbonyl (C=O) groups is 4. The molecular weight excluding hydrogens is 440 g/mol. The van der Waals surface area contributed by atoms with Gasteiger partial charge in [-0.25, -0.2) is 19.2 Å². The number of ether oxygens (including phenoxy) is 4. The summed E-state index contributed by atoms with van der Waals surface area (Å²) in [6, 6.07) is 2.12. The maximum Gasteiger partial charge on any atom is 0.343 e. The molecule has 0 aliphatic carbocycles. The summed E-state index contributed by atoms with van der Waals surface area (Å²) < 4.78 is 20.2. The molecule has 0 radical (unpaired) electrons. The summed E-state index contributed by atoms with van der Waals surface area (Å²) in [5, 5.41) is 0. The number of benzene rings is 1. The van der Waals surface area contributed by atoms with Crippen LogP contribution in [0.3, 0.4) is 0 Å². The Morgan fingerprint density at radius 2 is 0.706 bits per heavy atom. The van der Waals surface area contributed by atoms with Gasteiger partial charge in [0.15, 0.2) is 0 Å². The highest BCUT2D eigenvalue weighted by Crippen LogP contribution is 2.22. The number of carbonyl (C=O) groups excluding carboxylic acids is 4. The van der Waals surface area contributed by atoms with Crippen LogP contribution in [0.5, 0.6) is 0 Å². The standard InChI is InChI=1S/C26H30O8/c1-5-9-13-31-23(27)19-17-21(25(29)33-15-11-7-3)22(26(30)34-16-12-8-4)18-20(19)24(28)32-14-10-6-2/h9-18H,5-8H2,1-4H3. The zero-order valence-electron chi connectivity index (χ0n) is 19.9. The zero-order chi connectivity index (χ0) is 25.3. The van der Waals surface area contributed by atoms with Gasteiger partial charge in [0.05, 0.1) is 47.3 Å². The summed E-state index contributed by atoms with van der Waals surface area (Å²) in [6.45, 7) is 7.38. The van der Waals surface area contributed by atoms with E-state index in [9.17, 15) is 19.2 Å². The van der Waals surface area contributed by atoms with Gasteiger partial charge in [-0.1, -0.05) is 27.7 Å². The van der Waals surface area contributed by atoms with Gasteiger partial charge in [-0.05, 0) is 62.1 Å². The van der Waals surface area contributed by atoms with E-state index in [1.807, 2.05) is 27.7 Å². The molecule has 0 aromatic heterocycles. The molecule has 182 valence electrons. The van der Waals surface area contributed by atoms with Crippen LogP contribution >= 0.6 is 0 Å². The lowest BCUT2D eigenvalue weighted by Crippen LogP contribution is -2.18. The molecule has 1 rings (SSSR count). The van der Waals surface area contributed by atoms with Gasteiger partial charge in [0.2, 0.25) is 0 Å². The monoisotopic (exact) mass is 470 g/mol. The Balaban J connectivity index is 3.65. The highest BCUT2D eigenvalue weighted by Gasteiger charge is 2.28. The molecule has 0 saturated carbocycles. The lowest BCUT2D eigenvalue weighted by Gasteiger charge is -2.12. The summed E-state index contributed by atoms with van der Waals surface area (Å²) >= 11 is 0. The second kappa shape index (κ2) is 15.8.